The van der Waals surface area contributed by atoms with Crippen molar-refractivity contribution in [2.24, 2.45) is 0 Å². The Balaban J connectivity index is 5.34. The molecule has 0 aromatic heterocycles. The summed E-state index contributed by atoms with van der Waals surface area (Å²) in [5.74, 6) is -0.600. The molecule has 0 aliphatic heterocycles. The van der Waals surface area contributed by atoms with Gasteiger partial charge in [-0.05, 0) is 101 Å². The zero-order valence-electron chi connectivity index (χ0n) is 50.4. The van der Waals surface area contributed by atoms with E-state index in [1.54, 1.807) is 0 Å². The molecule has 1 unspecified atom stereocenters. The number of unbranched alkanes of at least 4 members (excludes halogenated alkanes) is 29. The Morgan fingerprint density at radius 2 is 0.712 bits per heavy atom. The molecule has 0 aliphatic carbocycles. The van der Waals surface area contributed by atoms with Gasteiger partial charge in [0.1, 0.15) is 12.1 Å². The zero-order valence-corrected chi connectivity index (χ0v) is 50.4. The van der Waals surface area contributed by atoms with E-state index in [9.17, 15) is 14.4 Å². The Kier molecular flexibility index (Phi) is 43.9. The smallest absolute Gasteiger partial charge is 0.408 e. The van der Waals surface area contributed by atoms with E-state index in [2.05, 4.69) is 29.8 Å². The molecule has 0 bridgehead atoms. The lowest BCUT2D eigenvalue weighted by Crippen LogP contribution is -2.49. The summed E-state index contributed by atoms with van der Waals surface area (Å²) in [6, 6.07) is -0.956. The molecule has 2 atom stereocenters. The van der Waals surface area contributed by atoms with Crippen LogP contribution < -0.4 is 16.0 Å². The SMILES string of the molecule is CCCCCCCCCCCCCCCCCCC(CCCCCCCCCCCCCCCCC)OC(=O)N[C@H](CCC(=O)NCCOC(C)(C)COC(C)(C)C)C(=O)NCCOC(C)(C)COC(C)(C)C. The molecule has 3 amide bonds. The van der Waals surface area contributed by atoms with E-state index >= 15 is 0 Å². The van der Waals surface area contributed by atoms with Gasteiger partial charge in [0.05, 0.1) is 48.8 Å². The van der Waals surface area contributed by atoms with Crippen LogP contribution in [0.1, 0.15) is 308 Å². The van der Waals surface area contributed by atoms with E-state index in [0.29, 0.717) is 26.4 Å². The quantitative estimate of drug-likeness (QED) is 0.0513. The fourth-order valence-corrected chi connectivity index (χ4v) is 8.89. The Morgan fingerprint density at radius 1 is 0.397 bits per heavy atom. The Bertz CT molecular complexity index is 1300. The van der Waals surface area contributed by atoms with Crippen molar-refractivity contribution >= 4 is 17.9 Å². The number of carbonyl (C=O) groups excluding carboxylic acids is 3. The van der Waals surface area contributed by atoms with Crippen LogP contribution in [0.4, 0.5) is 4.79 Å². The second-order valence-corrected chi connectivity index (χ2v) is 24.8. The van der Waals surface area contributed by atoms with Gasteiger partial charge in [-0.15, -0.1) is 0 Å². The lowest BCUT2D eigenvalue weighted by molar-refractivity contribution is -0.127. The van der Waals surface area contributed by atoms with Crippen LogP contribution >= 0.6 is 0 Å². The van der Waals surface area contributed by atoms with Crippen molar-refractivity contribution in [3.05, 3.63) is 0 Å². The van der Waals surface area contributed by atoms with Crippen molar-refractivity contribution in [3.8, 4) is 0 Å². The first-order chi connectivity index (χ1) is 34.7. The Morgan fingerprint density at radius 3 is 1.04 bits per heavy atom. The van der Waals surface area contributed by atoms with E-state index in [-0.39, 0.29) is 55.1 Å². The van der Waals surface area contributed by atoms with E-state index in [0.717, 1.165) is 38.5 Å². The van der Waals surface area contributed by atoms with Crippen molar-refractivity contribution in [1.29, 1.82) is 0 Å². The third-order valence-corrected chi connectivity index (χ3v) is 13.6. The van der Waals surface area contributed by atoms with E-state index in [4.69, 9.17) is 23.7 Å². The van der Waals surface area contributed by atoms with Crippen LogP contribution in [-0.4, -0.2) is 92.0 Å². The second-order valence-electron chi connectivity index (χ2n) is 24.8. The number of carbonyl (C=O) groups is 3. The molecule has 0 rings (SSSR count). The summed E-state index contributed by atoms with van der Waals surface area (Å²) in [6.07, 6.45) is 41.7. The van der Waals surface area contributed by atoms with Gasteiger partial charge < -0.3 is 39.6 Å². The topological polar surface area (TPSA) is 133 Å². The normalized spacial score (nSPS) is 13.3. The molecular formula is C62H123N3O8. The molecule has 11 heteroatoms. The van der Waals surface area contributed by atoms with Gasteiger partial charge in [-0.2, -0.15) is 0 Å². The molecule has 0 aromatic rings. The van der Waals surface area contributed by atoms with Crippen LogP contribution in [0.15, 0.2) is 0 Å². The van der Waals surface area contributed by atoms with Gasteiger partial charge in [0.25, 0.3) is 0 Å². The summed E-state index contributed by atoms with van der Waals surface area (Å²) in [6.45, 7) is 26.4. The molecule has 434 valence electrons. The molecule has 0 radical (unpaired) electrons. The molecule has 3 N–H and O–H groups in total. The molecule has 0 spiro atoms. The van der Waals surface area contributed by atoms with Crippen molar-refractivity contribution in [1.82, 2.24) is 16.0 Å². The van der Waals surface area contributed by atoms with Crippen molar-refractivity contribution in [3.63, 3.8) is 0 Å². The maximum absolute atomic E-state index is 13.7. The standard InChI is InChI=1S/C62H123N3O8/c1-13-15-17-19-21-23-25-27-29-31-33-35-37-39-41-43-45-54(44-42-40-38-36-34-32-30-28-26-24-22-20-18-16-14-2)73-58(68)65-55(57(67)64-49-51-70-62(11,12)53-72-60(6,7)8)46-47-56(66)63-48-50-69-61(9,10)52-71-59(3,4)5/h54-55H,13-53H2,1-12H3,(H,63,66)(H,64,67)(H,65,68)/t54?,55-/m1/s1. The molecule has 0 saturated heterocycles. The summed E-state index contributed by atoms with van der Waals surface area (Å²) in [5.41, 5.74) is -1.64. The minimum absolute atomic E-state index is 0.0459. The predicted octanol–water partition coefficient (Wildman–Crippen LogP) is 16.6. The maximum Gasteiger partial charge on any atom is 0.408 e. The van der Waals surface area contributed by atoms with Gasteiger partial charge in [-0.3, -0.25) is 9.59 Å². The van der Waals surface area contributed by atoms with Crippen LogP contribution in [0.5, 0.6) is 0 Å². The zero-order chi connectivity index (χ0) is 54.5. The molecule has 0 fully saturated rings. The summed E-state index contributed by atoms with van der Waals surface area (Å²) in [5, 5.41) is 8.71. The van der Waals surface area contributed by atoms with Crippen LogP contribution in [0.25, 0.3) is 0 Å². The highest BCUT2D eigenvalue weighted by molar-refractivity contribution is 5.86. The summed E-state index contributed by atoms with van der Waals surface area (Å²) >= 11 is 0. The fraction of sp³-hybridized carbons (Fsp3) is 0.952. The van der Waals surface area contributed by atoms with Gasteiger partial charge >= 0.3 is 6.09 Å². The fourth-order valence-electron chi connectivity index (χ4n) is 8.89. The lowest BCUT2D eigenvalue weighted by Gasteiger charge is -2.30. The summed E-state index contributed by atoms with van der Waals surface area (Å²) in [7, 11) is 0. The largest absolute Gasteiger partial charge is 0.446 e. The van der Waals surface area contributed by atoms with E-state index < -0.39 is 23.3 Å². The molecular weight excluding hydrogens is 915 g/mol. The predicted molar refractivity (Wildman–Crippen MR) is 308 cm³/mol. The first kappa shape index (κ1) is 71.0. The summed E-state index contributed by atoms with van der Waals surface area (Å²) < 4.78 is 30.1. The lowest BCUT2D eigenvalue weighted by atomic mass is 10.0. The first-order valence-corrected chi connectivity index (χ1v) is 30.8. The van der Waals surface area contributed by atoms with Gasteiger partial charge in [-0.1, -0.05) is 200 Å². The van der Waals surface area contributed by atoms with Gasteiger partial charge in [0.15, 0.2) is 0 Å². The molecule has 11 nitrogen and oxygen atoms in total. The highest BCUT2D eigenvalue weighted by Gasteiger charge is 2.27. The average Bonchev–Trinajstić information content (AvgIpc) is 3.32. The van der Waals surface area contributed by atoms with Gasteiger partial charge in [-0.25, -0.2) is 4.79 Å². The Labute approximate surface area is 452 Å². The minimum Gasteiger partial charge on any atom is -0.446 e. The maximum atomic E-state index is 13.7. The molecule has 0 aromatic carbocycles. The number of hydrogen-bond donors (Lipinski definition) is 3. The number of hydrogen-bond acceptors (Lipinski definition) is 8. The van der Waals surface area contributed by atoms with Crippen LogP contribution in [0.2, 0.25) is 0 Å². The molecule has 0 heterocycles. The van der Waals surface area contributed by atoms with E-state index in [1.165, 1.54) is 173 Å². The Hall–Kier alpha value is -1.95. The molecule has 0 saturated carbocycles. The number of nitrogens with one attached hydrogen (secondary N) is 3. The van der Waals surface area contributed by atoms with Crippen LogP contribution in [0, 0.1) is 0 Å². The van der Waals surface area contributed by atoms with Crippen LogP contribution in [0.3, 0.4) is 0 Å². The first-order valence-electron chi connectivity index (χ1n) is 30.8. The third kappa shape index (κ3) is 50.6. The molecule has 0 aliphatic rings. The number of amides is 3. The average molecular weight is 1040 g/mol. The van der Waals surface area contributed by atoms with Crippen molar-refractivity contribution in [2.45, 2.75) is 342 Å². The highest BCUT2D eigenvalue weighted by Crippen LogP contribution is 2.21. The number of rotatable bonds is 51. The summed E-state index contributed by atoms with van der Waals surface area (Å²) in [4.78, 5) is 40.5. The van der Waals surface area contributed by atoms with Gasteiger partial charge in [0, 0.05) is 19.5 Å². The number of alkyl carbamates (subject to hydrolysis) is 1. The minimum atomic E-state index is -0.956. The number of ether oxygens (including phenoxy) is 5. The highest BCUT2D eigenvalue weighted by atomic mass is 16.6. The van der Waals surface area contributed by atoms with E-state index in [1.807, 2.05) is 69.2 Å². The van der Waals surface area contributed by atoms with Crippen molar-refractivity contribution in [2.75, 3.05) is 39.5 Å². The monoisotopic (exact) mass is 1040 g/mol. The van der Waals surface area contributed by atoms with Crippen LogP contribution in [-0.2, 0) is 33.3 Å². The second kappa shape index (κ2) is 45.1. The molecule has 73 heavy (non-hydrogen) atoms. The third-order valence-electron chi connectivity index (χ3n) is 13.6. The van der Waals surface area contributed by atoms with Crippen molar-refractivity contribution < 1.29 is 38.1 Å². The van der Waals surface area contributed by atoms with Gasteiger partial charge in [0.2, 0.25) is 11.8 Å².